The maximum Gasteiger partial charge on any atom is 0.254 e. The van der Waals surface area contributed by atoms with Crippen molar-refractivity contribution >= 4 is 41.6 Å². The number of aromatic nitrogens is 1. The topological polar surface area (TPSA) is 45.2 Å². The highest BCUT2D eigenvalue weighted by Crippen LogP contribution is 2.28. The maximum atomic E-state index is 13.5. The van der Waals surface area contributed by atoms with Crippen molar-refractivity contribution in [2.24, 2.45) is 0 Å². The van der Waals surface area contributed by atoms with Crippen LogP contribution in [0.4, 0.5) is 4.39 Å². The SMILES string of the molecule is Cl.Cl.O=C(c1cc(-c2ccc(F)cc2)nc2ccccc12)N1CCC2CCC(C1)N2. The second-order valence-electron chi connectivity index (χ2n) is 7.76. The van der Waals surface area contributed by atoms with Crippen LogP contribution in [0.1, 0.15) is 29.6 Å². The maximum absolute atomic E-state index is 13.5. The quantitative estimate of drug-likeness (QED) is 0.610. The number of amides is 1. The number of carbonyl (C=O) groups excluding carboxylic acids is 1. The summed E-state index contributed by atoms with van der Waals surface area (Å²) in [5, 5.41) is 4.49. The molecule has 1 N–H and O–H groups in total. The fourth-order valence-electron chi connectivity index (χ4n) is 4.42. The van der Waals surface area contributed by atoms with Crippen LogP contribution in [0, 0.1) is 5.82 Å². The first-order valence-electron chi connectivity index (χ1n) is 9.88. The molecule has 2 aromatic carbocycles. The predicted molar refractivity (Wildman–Crippen MR) is 122 cm³/mol. The Balaban J connectivity index is 0.00000128. The third kappa shape index (κ3) is 4.29. The van der Waals surface area contributed by atoms with Gasteiger partial charge in [-0.25, -0.2) is 9.37 Å². The van der Waals surface area contributed by atoms with E-state index in [0.717, 1.165) is 42.4 Å². The van der Waals surface area contributed by atoms with Gasteiger partial charge in [-0.05, 0) is 55.7 Å². The van der Waals surface area contributed by atoms with Gasteiger partial charge in [-0.2, -0.15) is 0 Å². The van der Waals surface area contributed by atoms with Gasteiger partial charge in [-0.15, -0.1) is 24.8 Å². The molecule has 0 saturated carbocycles. The molecule has 0 radical (unpaired) electrons. The van der Waals surface area contributed by atoms with Crippen molar-refractivity contribution in [1.82, 2.24) is 15.2 Å². The van der Waals surface area contributed by atoms with E-state index in [2.05, 4.69) is 5.32 Å². The van der Waals surface area contributed by atoms with Crippen LogP contribution >= 0.6 is 24.8 Å². The molecule has 2 aliphatic rings. The molecule has 4 nitrogen and oxygen atoms in total. The van der Waals surface area contributed by atoms with Crippen LogP contribution in [-0.4, -0.2) is 41.0 Å². The van der Waals surface area contributed by atoms with E-state index in [9.17, 15) is 9.18 Å². The molecule has 2 bridgehead atoms. The van der Waals surface area contributed by atoms with Crippen molar-refractivity contribution in [1.29, 1.82) is 0 Å². The summed E-state index contributed by atoms with van der Waals surface area (Å²) in [5.74, 6) is -0.232. The average molecular weight is 448 g/mol. The van der Waals surface area contributed by atoms with Crippen LogP contribution in [0.3, 0.4) is 0 Å². The zero-order valence-electron chi connectivity index (χ0n) is 16.4. The molecule has 158 valence electrons. The highest BCUT2D eigenvalue weighted by molar-refractivity contribution is 6.07. The van der Waals surface area contributed by atoms with E-state index in [0.29, 0.717) is 23.3 Å². The van der Waals surface area contributed by atoms with Gasteiger partial charge in [-0.3, -0.25) is 4.79 Å². The van der Waals surface area contributed by atoms with Crippen molar-refractivity contribution in [2.45, 2.75) is 31.3 Å². The minimum atomic E-state index is -0.284. The Bertz CT molecular complexity index is 1040. The highest BCUT2D eigenvalue weighted by atomic mass is 35.5. The van der Waals surface area contributed by atoms with Gasteiger partial charge in [-0.1, -0.05) is 18.2 Å². The standard InChI is InChI=1S/C23H22FN3O.2ClH/c24-16-7-5-15(6-8-16)22-13-20(19-3-1-2-4-21(19)26-22)23(28)27-12-11-17-9-10-18(14-27)25-17;;/h1-8,13,17-18,25H,9-12,14H2;2*1H. The Morgan fingerprint density at radius 1 is 1.00 bits per heavy atom. The monoisotopic (exact) mass is 447 g/mol. The molecule has 1 amide bonds. The number of nitrogens with zero attached hydrogens (tertiary/aromatic N) is 2. The molecule has 1 aromatic heterocycles. The molecule has 3 aromatic rings. The molecule has 0 aliphatic carbocycles. The lowest BCUT2D eigenvalue weighted by molar-refractivity contribution is 0.0750. The third-order valence-electron chi connectivity index (χ3n) is 5.90. The first-order valence-corrected chi connectivity index (χ1v) is 9.88. The lowest BCUT2D eigenvalue weighted by Crippen LogP contribution is -2.39. The summed E-state index contributed by atoms with van der Waals surface area (Å²) in [5.41, 5.74) is 2.94. The summed E-state index contributed by atoms with van der Waals surface area (Å²) in [6.07, 6.45) is 3.34. The summed E-state index contributed by atoms with van der Waals surface area (Å²) in [7, 11) is 0. The Morgan fingerprint density at radius 2 is 1.73 bits per heavy atom. The van der Waals surface area contributed by atoms with E-state index in [1.165, 1.54) is 18.6 Å². The molecule has 2 unspecified atom stereocenters. The van der Waals surface area contributed by atoms with Crippen molar-refractivity contribution in [2.75, 3.05) is 13.1 Å². The third-order valence-corrected chi connectivity index (χ3v) is 5.90. The first-order chi connectivity index (χ1) is 13.7. The van der Waals surface area contributed by atoms with Crippen LogP contribution in [0.2, 0.25) is 0 Å². The fraction of sp³-hybridized carbons (Fsp3) is 0.304. The molecule has 2 fully saturated rings. The van der Waals surface area contributed by atoms with E-state index in [-0.39, 0.29) is 36.5 Å². The summed E-state index contributed by atoms with van der Waals surface area (Å²) in [6, 6.07) is 16.8. The molecular weight excluding hydrogens is 424 g/mol. The van der Waals surface area contributed by atoms with Crippen molar-refractivity contribution in [3.8, 4) is 11.3 Å². The number of halogens is 3. The van der Waals surface area contributed by atoms with Gasteiger partial charge >= 0.3 is 0 Å². The number of pyridine rings is 1. The van der Waals surface area contributed by atoms with Crippen molar-refractivity contribution in [3.63, 3.8) is 0 Å². The number of fused-ring (bicyclic) bond motifs is 3. The predicted octanol–water partition coefficient (Wildman–Crippen LogP) is 4.85. The van der Waals surface area contributed by atoms with Crippen LogP contribution in [-0.2, 0) is 0 Å². The minimum Gasteiger partial charge on any atom is -0.337 e. The Labute approximate surface area is 187 Å². The van der Waals surface area contributed by atoms with Gasteiger partial charge in [0.25, 0.3) is 5.91 Å². The van der Waals surface area contributed by atoms with E-state index in [1.54, 1.807) is 12.1 Å². The second kappa shape index (κ2) is 9.29. The summed E-state index contributed by atoms with van der Waals surface area (Å²) in [4.78, 5) is 20.2. The number of rotatable bonds is 2. The van der Waals surface area contributed by atoms with Crippen molar-refractivity contribution < 1.29 is 9.18 Å². The highest BCUT2D eigenvalue weighted by Gasteiger charge is 2.32. The number of carbonyl (C=O) groups is 1. The second-order valence-corrected chi connectivity index (χ2v) is 7.76. The summed E-state index contributed by atoms with van der Waals surface area (Å²) in [6.45, 7) is 1.52. The van der Waals surface area contributed by atoms with Crippen LogP contribution < -0.4 is 5.32 Å². The van der Waals surface area contributed by atoms with Crippen molar-refractivity contribution in [3.05, 3.63) is 66.0 Å². The minimum absolute atomic E-state index is 0. The number of nitrogens with one attached hydrogen (secondary N) is 1. The lowest BCUT2D eigenvalue weighted by atomic mass is 10.0. The lowest BCUT2D eigenvalue weighted by Gasteiger charge is -2.25. The first kappa shape index (κ1) is 22.5. The van der Waals surface area contributed by atoms with Gasteiger partial charge in [0.2, 0.25) is 0 Å². The van der Waals surface area contributed by atoms with Gasteiger partial charge in [0, 0.05) is 36.1 Å². The largest absolute Gasteiger partial charge is 0.337 e. The molecule has 30 heavy (non-hydrogen) atoms. The normalized spacial score (nSPS) is 20.2. The van der Waals surface area contributed by atoms with E-state index in [1.807, 2.05) is 35.2 Å². The smallest absolute Gasteiger partial charge is 0.254 e. The van der Waals surface area contributed by atoms with Gasteiger partial charge in [0.05, 0.1) is 16.8 Å². The zero-order chi connectivity index (χ0) is 19.1. The Kier molecular flexibility index (Phi) is 6.96. The molecule has 2 saturated heterocycles. The molecule has 7 heteroatoms. The van der Waals surface area contributed by atoms with E-state index in [4.69, 9.17) is 4.98 Å². The Hall–Kier alpha value is -2.21. The van der Waals surface area contributed by atoms with Gasteiger partial charge in [0.15, 0.2) is 0 Å². The molecule has 2 aliphatic heterocycles. The number of hydrogen-bond donors (Lipinski definition) is 1. The molecule has 3 heterocycles. The molecular formula is C23H24Cl2FN3O. The van der Waals surface area contributed by atoms with E-state index >= 15 is 0 Å². The summed E-state index contributed by atoms with van der Waals surface area (Å²) >= 11 is 0. The van der Waals surface area contributed by atoms with Crippen LogP contribution in [0.5, 0.6) is 0 Å². The van der Waals surface area contributed by atoms with Gasteiger partial charge in [0.1, 0.15) is 5.82 Å². The molecule has 0 spiro atoms. The molecule has 5 rings (SSSR count). The molecule has 2 atom stereocenters. The van der Waals surface area contributed by atoms with E-state index < -0.39 is 0 Å². The summed E-state index contributed by atoms with van der Waals surface area (Å²) < 4.78 is 13.3. The van der Waals surface area contributed by atoms with Crippen LogP contribution in [0.25, 0.3) is 22.2 Å². The van der Waals surface area contributed by atoms with Crippen LogP contribution in [0.15, 0.2) is 54.6 Å². The zero-order valence-corrected chi connectivity index (χ0v) is 18.0. The Morgan fingerprint density at radius 3 is 2.53 bits per heavy atom. The average Bonchev–Trinajstić information content (AvgIpc) is 3.06. The number of benzene rings is 2. The number of hydrogen-bond acceptors (Lipinski definition) is 3. The fourth-order valence-corrected chi connectivity index (χ4v) is 4.42. The number of likely N-dealkylation sites (tertiary alicyclic amines) is 1. The number of para-hydroxylation sites is 1. The van der Waals surface area contributed by atoms with Gasteiger partial charge < -0.3 is 10.2 Å².